The molecular weight excluding hydrogens is 254 g/mol. The molecule has 0 aliphatic heterocycles. The number of methoxy groups -OCH3 is 2. The van der Waals surface area contributed by atoms with Crippen molar-refractivity contribution >= 4 is 6.09 Å². The summed E-state index contributed by atoms with van der Waals surface area (Å²) in [6.07, 6.45) is -0.427. The number of benzene rings is 2. The molecule has 0 fully saturated rings. The summed E-state index contributed by atoms with van der Waals surface area (Å²) in [5, 5.41) is 2.65. The molecule has 20 heavy (non-hydrogen) atoms. The third kappa shape index (κ3) is 3.51. The SMILES string of the molecule is COC(=O)NCc1ccc(-c2ccc(OC)cc2)cc1. The third-order valence-corrected chi connectivity index (χ3v) is 3.00. The van der Waals surface area contributed by atoms with Crippen LogP contribution in [-0.4, -0.2) is 20.3 Å². The van der Waals surface area contributed by atoms with Crippen molar-refractivity contribution in [2.45, 2.75) is 6.54 Å². The van der Waals surface area contributed by atoms with Crippen molar-refractivity contribution in [2.24, 2.45) is 0 Å². The molecule has 2 aromatic rings. The van der Waals surface area contributed by atoms with E-state index in [1.807, 2.05) is 48.5 Å². The molecule has 0 atom stereocenters. The molecule has 0 aliphatic carbocycles. The molecule has 0 spiro atoms. The average molecular weight is 271 g/mol. The van der Waals surface area contributed by atoms with E-state index in [0.717, 1.165) is 22.4 Å². The first-order valence-corrected chi connectivity index (χ1v) is 6.28. The van der Waals surface area contributed by atoms with Gasteiger partial charge in [-0.3, -0.25) is 0 Å². The van der Waals surface area contributed by atoms with E-state index in [0.29, 0.717) is 6.54 Å². The van der Waals surface area contributed by atoms with Gasteiger partial charge in [-0.2, -0.15) is 0 Å². The molecular formula is C16H17NO3. The Morgan fingerprint density at radius 1 is 0.950 bits per heavy atom. The lowest BCUT2D eigenvalue weighted by Crippen LogP contribution is -2.22. The Hall–Kier alpha value is -2.49. The molecule has 0 aromatic heterocycles. The number of ether oxygens (including phenoxy) is 2. The van der Waals surface area contributed by atoms with Crippen LogP contribution in [0.2, 0.25) is 0 Å². The highest BCUT2D eigenvalue weighted by molar-refractivity contribution is 5.67. The zero-order valence-electron chi connectivity index (χ0n) is 11.6. The quantitative estimate of drug-likeness (QED) is 0.928. The Labute approximate surface area is 118 Å². The normalized spacial score (nSPS) is 9.90. The third-order valence-electron chi connectivity index (χ3n) is 3.00. The number of nitrogens with one attached hydrogen (secondary N) is 1. The molecule has 0 bridgehead atoms. The molecule has 0 saturated carbocycles. The van der Waals surface area contributed by atoms with Gasteiger partial charge >= 0.3 is 6.09 Å². The predicted octanol–water partition coefficient (Wildman–Crippen LogP) is 3.22. The van der Waals surface area contributed by atoms with E-state index in [4.69, 9.17) is 4.74 Å². The maximum Gasteiger partial charge on any atom is 0.407 e. The van der Waals surface area contributed by atoms with E-state index in [1.165, 1.54) is 7.11 Å². The summed E-state index contributed by atoms with van der Waals surface area (Å²) >= 11 is 0. The molecule has 0 heterocycles. The van der Waals surface area contributed by atoms with Gasteiger partial charge in [-0.25, -0.2) is 4.79 Å². The molecule has 2 aromatic carbocycles. The van der Waals surface area contributed by atoms with Crippen LogP contribution < -0.4 is 10.1 Å². The van der Waals surface area contributed by atoms with Gasteiger partial charge in [-0.15, -0.1) is 0 Å². The Balaban J connectivity index is 2.05. The van der Waals surface area contributed by atoms with E-state index in [-0.39, 0.29) is 0 Å². The highest BCUT2D eigenvalue weighted by atomic mass is 16.5. The van der Waals surface area contributed by atoms with Crippen LogP contribution in [0.5, 0.6) is 5.75 Å². The van der Waals surface area contributed by atoms with Crippen molar-refractivity contribution < 1.29 is 14.3 Å². The van der Waals surface area contributed by atoms with Gasteiger partial charge in [-0.05, 0) is 28.8 Å². The van der Waals surface area contributed by atoms with Gasteiger partial charge in [0.1, 0.15) is 5.75 Å². The minimum absolute atomic E-state index is 0.427. The first kappa shape index (κ1) is 13.9. The second kappa shape index (κ2) is 6.61. The number of hydrogen-bond acceptors (Lipinski definition) is 3. The number of carbonyl (C=O) groups is 1. The van der Waals surface area contributed by atoms with Crippen LogP contribution in [0.15, 0.2) is 48.5 Å². The summed E-state index contributed by atoms with van der Waals surface area (Å²) in [6, 6.07) is 15.9. The average Bonchev–Trinajstić information content (AvgIpc) is 2.53. The summed E-state index contributed by atoms with van der Waals surface area (Å²) in [4.78, 5) is 11.0. The minimum atomic E-state index is -0.427. The monoisotopic (exact) mass is 271 g/mol. The molecule has 4 nitrogen and oxygen atoms in total. The lowest BCUT2D eigenvalue weighted by Gasteiger charge is -2.06. The maximum atomic E-state index is 11.0. The highest BCUT2D eigenvalue weighted by Crippen LogP contribution is 2.22. The lowest BCUT2D eigenvalue weighted by molar-refractivity contribution is 0.170. The standard InChI is InChI=1S/C16H17NO3/c1-19-15-9-7-14(8-10-15)13-5-3-12(4-6-13)11-17-16(18)20-2/h3-10H,11H2,1-2H3,(H,17,18). The van der Waals surface area contributed by atoms with Crippen LogP contribution >= 0.6 is 0 Å². The Morgan fingerprint density at radius 3 is 2.00 bits per heavy atom. The zero-order valence-corrected chi connectivity index (χ0v) is 11.6. The molecule has 104 valence electrons. The van der Waals surface area contributed by atoms with Gasteiger partial charge in [-0.1, -0.05) is 36.4 Å². The van der Waals surface area contributed by atoms with Crippen LogP contribution in [0.1, 0.15) is 5.56 Å². The number of rotatable bonds is 4. The molecule has 0 radical (unpaired) electrons. The zero-order chi connectivity index (χ0) is 14.4. The molecule has 0 saturated heterocycles. The minimum Gasteiger partial charge on any atom is -0.497 e. The van der Waals surface area contributed by atoms with Crippen LogP contribution in [-0.2, 0) is 11.3 Å². The molecule has 1 amide bonds. The fourth-order valence-electron chi connectivity index (χ4n) is 1.84. The summed E-state index contributed by atoms with van der Waals surface area (Å²) in [6.45, 7) is 0.454. The first-order valence-electron chi connectivity index (χ1n) is 6.28. The van der Waals surface area contributed by atoms with Crippen molar-refractivity contribution in [3.05, 3.63) is 54.1 Å². The Morgan fingerprint density at radius 2 is 1.50 bits per heavy atom. The van der Waals surface area contributed by atoms with Crippen molar-refractivity contribution in [3.63, 3.8) is 0 Å². The van der Waals surface area contributed by atoms with Crippen molar-refractivity contribution in [1.29, 1.82) is 0 Å². The van der Waals surface area contributed by atoms with E-state index in [9.17, 15) is 4.79 Å². The van der Waals surface area contributed by atoms with E-state index >= 15 is 0 Å². The summed E-state index contributed by atoms with van der Waals surface area (Å²) < 4.78 is 9.66. The van der Waals surface area contributed by atoms with Gasteiger partial charge in [0.15, 0.2) is 0 Å². The van der Waals surface area contributed by atoms with Crippen molar-refractivity contribution in [2.75, 3.05) is 14.2 Å². The number of hydrogen-bond donors (Lipinski definition) is 1. The van der Waals surface area contributed by atoms with Crippen LogP contribution in [0.25, 0.3) is 11.1 Å². The lowest BCUT2D eigenvalue weighted by atomic mass is 10.0. The second-order valence-electron chi connectivity index (χ2n) is 4.27. The molecule has 2 rings (SSSR count). The highest BCUT2D eigenvalue weighted by Gasteiger charge is 2.01. The molecule has 0 unspecified atom stereocenters. The van der Waals surface area contributed by atoms with Gasteiger partial charge in [0, 0.05) is 6.54 Å². The second-order valence-corrected chi connectivity index (χ2v) is 4.27. The maximum absolute atomic E-state index is 11.0. The fourth-order valence-corrected chi connectivity index (χ4v) is 1.84. The predicted molar refractivity (Wildman–Crippen MR) is 77.7 cm³/mol. The number of amides is 1. The first-order chi connectivity index (χ1) is 9.72. The number of alkyl carbamates (subject to hydrolysis) is 1. The largest absolute Gasteiger partial charge is 0.497 e. The van der Waals surface area contributed by atoms with Gasteiger partial charge in [0.25, 0.3) is 0 Å². The fraction of sp³-hybridized carbons (Fsp3) is 0.188. The Bertz CT molecular complexity index is 561. The summed E-state index contributed by atoms with van der Waals surface area (Å²) in [5.74, 6) is 0.840. The molecule has 4 heteroatoms. The molecule has 1 N–H and O–H groups in total. The van der Waals surface area contributed by atoms with Gasteiger partial charge in [0.2, 0.25) is 0 Å². The van der Waals surface area contributed by atoms with E-state index in [2.05, 4.69) is 10.1 Å². The topological polar surface area (TPSA) is 47.6 Å². The van der Waals surface area contributed by atoms with Crippen molar-refractivity contribution in [3.8, 4) is 16.9 Å². The van der Waals surface area contributed by atoms with E-state index < -0.39 is 6.09 Å². The van der Waals surface area contributed by atoms with Gasteiger partial charge in [0.05, 0.1) is 14.2 Å². The number of carbonyl (C=O) groups excluding carboxylic acids is 1. The van der Waals surface area contributed by atoms with Crippen LogP contribution in [0, 0.1) is 0 Å². The summed E-state index contributed by atoms with van der Waals surface area (Å²) in [7, 11) is 3.00. The smallest absolute Gasteiger partial charge is 0.407 e. The Kier molecular flexibility index (Phi) is 4.60. The van der Waals surface area contributed by atoms with Crippen LogP contribution in [0.4, 0.5) is 4.79 Å². The molecule has 0 aliphatic rings. The van der Waals surface area contributed by atoms with Crippen LogP contribution in [0.3, 0.4) is 0 Å². The van der Waals surface area contributed by atoms with E-state index in [1.54, 1.807) is 7.11 Å². The van der Waals surface area contributed by atoms with Gasteiger partial charge < -0.3 is 14.8 Å². The van der Waals surface area contributed by atoms with Crippen molar-refractivity contribution in [1.82, 2.24) is 5.32 Å². The summed E-state index contributed by atoms with van der Waals surface area (Å²) in [5.41, 5.74) is 3.26.